The van der Waals surface area contributed by atoms with Crippen molar-refractivity contribution in [3.05, 3.63) is 47.0 Å². The Balaban J connectivity index is 2.31. The standard InChI is InChI=1S/C12H14ClN3O2S/c1-9-3-4-11(10(13)7-9)19(17,18)16(2)8-12-14-5-6-15-12/h3-7H,8H2,1-2H3,(H,14,15). The molecule has 0 saturated heterocycles. The van der Waals surface area contributed by atoms with Crippen LogP contribution in [0.3, 0.4) is 0 Å². The Hall–Kier alpha value is -1.37. The summed E-state index contributed by atoms with van der Waals surface area (Å²) in [4.78, 5) is 6.98. The van der Waals surface area contributed by atoms with Gasteiger partial charge in [0.15, 0.2) is 0 Å². The molecule has 2 aromatic rings. The van der Waals surface area contributed by atoms with Crippen LogP contribution in [0.2, 0.25) is 5.02 Å². The number of H-pyrrole nitrogens is 1. The molecule has 0 fully saturated rings. The third-order valence-electron chi connectivity index (χ3n) is 2.70. The monoisotopic (exact) mass is 299 g/mol. The summed E-state index contributed by atoms with van der Waals surface area (Å²) in [5.41, 5.74) is 0.914. The van der Waals surface area contributed by atoms with Crippen molar-refractivity contribution in [2.24, 2.45) is 0 Å². The Labute approximate surface area is 117 Å². The second kappa shape index (κ2) is 5.32. The second-order valence-corrected chi connectivity index (χ2v) is 6.65. The topological polar surface area (TPSA) is 66.1 Å². The number of sulfonamides is 1. The van der Waals surface area contributed by atoms with Gasteiger partial charge in [0.1, 0.15) is 10.7 Å². The van der Waals surface area contributed by atoms with Crippen LogP contribution in [0.25, 0.3) is 0 Å². The lowest BCUT2D eigenvalue weighted by molar-refractivity contribution is 0.458. The van der Waals surface area contributed by atoms with E-state index in [2.05, 4.69) is 9.97 Å². The minimum Gasteiger partial charge on any atom is -0.347 e. The average Bonchev–Trinajstić information content (AvgIpc) is 2.81. The predicted octanol–water partition coefficient (Wildman–Crippen LogP) is 2.19. The zero-order valence-electron chi connectivity index (χ0n) is 10.6. The molecule has 1 heterocycles. The van der Waals surface area contributed by atoms with Crippen LogP contribution in [-0.2, 0) is 16.6 Å². The highest BCUT2D eigenvalue weighted by Crippen LogP contribution is 2.25. The van der Waals surface area contributed by atoms with E-state index in [1.54, 1.807) is 24.5 Å². The number of aromatic nitrogens is 2. The van der Waals surface area contributed by atoms with Gasteiger partial charge in [-0.3, -0.25) is 0 Å². The SMILES string of the molecule is Cc1ccc(S(=O)(=O)N(C)Cc2ncc[nH]2)c(Cl)c1. The maximum Gasteiger partial charge on any atom is 0.244 e. The van der Waals surface area contributed by atoms with Crippen LogP contribution in [0, 0.1) is 6.92 Å². The van der Waals surface area contributed by atoms with Gasteiger partial charge in [-0.05, 0) is 24.6 Å². The van der Waals surface area contributed by atoms with E-state index in [-0.39, 0.29) is 16.5 Å². The van der Waals surface area contributed by atoms with Crippen LogP contribution < -0.4 is 0 Å². The normalized spacial score (nSPS) is 12.0. The Bertz CT molecular complexity index is 668. The Kier molecular flexibility index (Phi) is 3.93. The zero-order valence-corrected chi connectivity index (χ0v) is 12.2. The van der Waals surface area contributed by atoms with Gasteiger partial charge in [0.25, 0.3) is 0 Å². The number of benzene rings is 1. The van der Waals surface area contributed by atoms with Gasteiger partial charge in [0.2, 0.25) is 10.0 Å². The van der Waals surface area contributed by atoms with Crippen molar-refractivity contribution in [2.75, 3.05) is 7.05 Å². The number of aryl methyl sites for hydroxylation is 1. The lowest BCUT2D eigenvalue weighted by Gasteiger charge is -2.17. The van der Waals surface area contributed by atoms with Gasteiger partial charge < -0.3 is 4.98 Å². The summed E-state index contributed by atoms with van der Waals surface area (Å²) in [6.45, 7) is 2.02. The molecule has 0 amide bonds. The van der Waals surface area contributed by atoms with E-state index in [9.17, 15) is 8.42 Å². The summed E-state index contributed by atoms with van der Waals surface area (Å²) < 4.78 is 26.0. The third kappa shape index (κ3) is 2.97. The van der Waals surface area contributed by atoms with E-state index in [1.807, 2.05) is 6.92 Å². The molecule has 0 saturated carbocycles. The Morgan fingerprint density at radius 1 is 1.42 bits per heavy atom. The highest BCUT2D eigenvalue weighted by Gasteiger charge is 2.24. The number of imidazole rings is 1. The number of halogens is 1. The zero-order chi connectivity index (χ0) is 14.0. The fraction of sp³-hybridized carbons (Fsp3) is 0.250. The third-order valence-corrected chi connectivity index (χ3v) is 4.99. The quantitative estimate of drug-likeness (QED) is 0.941. The highest BCUT2D eigenvalue weighted by atomic mass is 35.5. The summed E-state index contributed by atoms with van der Waals surface area (Å²) in [5, 5.41) is 0.228. The number of hydrogen-bond acceptors (Lipinski definition) is 3. The van der Waals surface area contributed by atoms with Gasteiger partial charge >= 0.3 is 0 Å². The summed E-state index contributed by atoms with van der Waals surface area (Å²) >= 11 is 6.01. The van der Waals surface area contributed by atoms with E-state index in [4.69, 9.17) is 11.6 Å². The Morgan fingerprint density at radius 3 is 2.74 bits per heavy atom. The van der Waals surface area contributed by atoms with Crippen LogP contribution >= 0.6 is 11.6 Å². The Morgan fingerprint density at radius 2 is 2.16 bits per heavy atom. The van der Waals surface area contributed by atoms with Gasteiger partial charge in [-0.1, -0.05) is 17.7 Å². The molecule has 7 heteroatoms. The molecule has 1 aromatic carbocycles. The van der Waals surface area contributed by atoms with Gasteiger partial charge in [-0.25, -0.2) is 13.4 Å². The summed E-state index contributed by atoms with van der Waals surface area (Å²) in [6, 6.07) is 4.88. The van der Waals surface area contributed by atoms with Crippen molar-refractivity contribution < 1.29 is 8.42 Å². The minimum atomic E-state index is -3.62. The van der Waals surface area contributed by atoms with Gasteiger partial charge in [-0.15, -0.1) is 0 Å². The van der Waals surface area contributed by atoms with Crippen LogP contribution in [0.4, 0.5) is 0 Å². The molecule has 0 radical (unpaired) electrons. The molecule has 0 aliphatic carbocycles. The van der Waals surface area contributed by atoms with Crippen LogP contribution in [0.15, 0.2) is 35.5 Å². The molecule has 19 heavy (non-hydrogen) atoms. The van der Waals surface area contributed by atoms with E-state index in [0.29, 0.717) is 5.82 Å². The molecule has 1 N–H and O–H groups in total. The molecule has 0 bridgehead atoms. The van der Waals surface area contributed by atoms with Crippen molar-refractivity contribution in [1.29, 1.82) is 0 Å². The molecule has 0 spiro atoms. The lowest BCUT2D eigenvalue weighted by atomic mass is 10.2. The molecule has 2 rings (SSSR count). The largest absolute Gasteiger partial charge is 0.347 e. The fourth-order valence-electron chi connectivity index (χ4n) is 1.66. The first-order chi connectivity index (χ1) is 8.91. The van der Waals surface area contributed by atoms with Crippen molar-refractivity contribution in [3.63, 3.8) is 0 Å². The first-order valence-electron chi connectivity index (χ1n) is 5.62. The first kappa shape index (κ1) is 14.0. The van der Waals surface area contributed by atoms with Gasteiger partial charge in [0.05, 0.1) is 11.6 Å². The van der Waals surface area contributed by atoms with Crippen molar-refractivity contribution in [3.8, 4) is 0 Å². The molecule has 0 aliphatic heterocycles. The highest BCUT2D eigenvalue weighted by molar-refractivity contribution is 7.89. The summed E-state index contributed by atoms with van der Waals surface area (Å²) in [7, 11) is -2.13. The molecule has 1 aromatic heterocycles. The number of nitrogens with zero attached hydrogens (tertiary/aromatic N) is 2. The van der Waals surface area contributed by atoms with Gasteiger partial charge in [-0.2, -0.15) is 4.31 Å². The van der Waals surface area contributed by atoms with Crippen LogP contribution in [-0.4, -0.2) is 29.7 Å². The second-order valence-electron chi connectivity index (χ2n) is 4.23. The van der Waals surface area contributed by atoms with E-state index >= 15 is 0 Å². The van der Waals surface area contributed by atoms with Crippen molar-refractivity contribution in [2.45, 2.75) is 18.4 Å². The van der Waals surface area contributed by atoms with Gasteiger partial charge in [0, 0.05) is 19.4 Å². The van der Waals surface area contributed by atoms with E-state index in [1.165, 1.54) is 17.4 Å². The molecule has 0 aliphatic rings. The molecule has 0 atom stereocenters. The molecule has 5 nitrogen and oxygen atoms in total. The van der Waals surface area contributed by atoms with Crippen molar-refractivity contribution in [1.82, 2.24) is 14.3 Å². The maximum atomic E-state index is 12.4. The number of aromatic amines is 1. The average molecular weight is 300 g/mol. The maximum absolute atomic E-state index is 12.4. The molecule has 0 unspecified atom stereocenters. The fourth-order valence-corrected chi connectivity index (χ4v) is 3.36. The van der Waals surface area contributed by atoms with E-state index in [0.717, 1.165) is 5.56 Å². The first-order valence-corrected chi connectivity index (χ1v) is 7.44. The lowest BCUT2D eigenvalue weighted by Crippen LogP contribution is -2.27. The van der Waals surface area contributed by atoms with Crippen molar-refractivity contribution >= 4 is 21.6 Å². The van der Waals surface area contributed by atoms with Crippen LogP contribution in [0.5, 0.6) is 0 Å². The predicted molar refractivity (Wildman–Crippen MR) is 73.4 cm³/mol. The summed E-state index contributed by atoms with van der Waals surface area (Å²) in [5.74, 6) is 0.578. The molecular weight excluding hydrogens is 286 g/mol. The molecular formula is C12H14ClN3O2S. The number of hydrogen-bond donors (Lipinski definition) is 1. The minimum absolute atomic E-state index is 0.105. The smallest absolute Gasteiger partial charge is 0.244 e. The number of rotatable bonds is 4. The molecule has 102 valence electrons. The van der Waals surface area contributed by atoms with Crippen LogP contribution in [0.1, 0.15) is 11.4 Å². The van der Waals surface area contributed by atoms with E-state index < -0.39 is 10.0 Å². The summed E-state index contributed by atoms with van der Waals surface area (Å²) in [6.07, 6.45) is 3.23. The number of nitrogens with one attached hydrogen (secondary N) is 1.